The van der Waals surface area contributed by atoms with Gasteiger partial charge in [0.2, 0.25) is 0 Å². The molecule has 0 amide bonds. The van der Waals surface area contributed by atoms with Crippen LogP contribution >= 0.6 is 0 Å². The minimum Gasteiger partial charge on any atom is -0.384 e. The van der Waals surface area contributed by atoms with Crippen LogP contribution in [0.3, 0.4) is 0 Å². The van der Waals surface area contributed by atoms with Crippen LogP contribution in [0.1, 0.15) is 46.6 Å². The molecule has 0 saturated carbocycles. The number of aliphatic hydroxyl groups is 1. The molecular weight excluding hydrogens is 248 g/mol. The third-order valence-electron chi connectivity index (χ3n) is 4.02. The first-order valence-electron chi connectivity index (χ1n) is 7.21. The van der Waals surface area contributed by atoms with Gasteiger partial charge in [-0.15, -0.1) is 0 Å². The van der Waals surface area contributed by atoms with E-state index in [2.05, 4.69) is 0 Å². The maximum Gasteiger partial charge on any atom is 0.138 e. The van der Waals surface area contributed by atoms with Crippen molar-refractivity contribution in [1.82, 2.24) is 0 Å². The van der Waals surface area contributed by atoms with Gasteiger partial charge in [-0.3, -0.25) is 4.79 Å². The molecule has 0 bridgehead atoms. The Morgan fingerprint density at radius 1 is 1.25 bits per heavy atom. The summed E-state index contributed by atoms with van der Waals surface area (Å²) in [6.07, 6.45) is 4.12. The molecule has 1 N–H and O–H groups in total. The second-order valence-corrected chi connectivity index (χ2v) is 6.36. The van der Waals surface area contributed by atoms with Gasteiger partial charge in [0.15, 0.2) is 0 Å². The highest BCUT2D eigenvalue weighted by Crippen LogP contribution is 2.39. The monoisotopic (exact) mass is 274 g/mol. The molecule has 0 aromatic heterocycles. The Balaban J connectivity index is 3.14. The van der Waals surface area contributed by atoms with Gasteiger partial charge in [-0.2, -0.15) is 0 Å². The standard InChI is InChI=1S/C18H26O2/c1-6-16(19)14(2)18(20,17(3,4)5)13-12-15-10-8-7-9-11-15/h7-14,20H,6H2,1-5H3/b13-12+. The summed E-state index contributed by atoms with van der Waals surface area (Å²) < 4.78 is 0. The molecule has 110 valence electrons. The fourth-order valence-electron chi connectivity index (χ4n) is 2.38. The molecule has 0 aliphatic heterocycles. The molecular formula is C18H26O2. The lowest BCUT2D eigenvalue weighted by Crippen LogP contribution is -2.49. The minimum atomic E-state index is -1.16. The van der Waals surface area contributed by atoms with Gasteiger partial charge in [0.1, 0.15) is 5.78 Å². The van der Waals surface area contributed by atoms with E-state index in [9.17, 15) is 9.90 Å². The Labute approximate surface area is 122 Å². The van der Waals surface area contributed by atoms with Gasteiger partial charge >= 0.3 is 0 Å². The average molecular weight is 274 g/mol. The van der Waals surface area contributed by atoms with Crippen LogP contribution in [-0.2, 0) is 4.79 Å². The Bertz CT molecular complexity index is 468. The number of hydrogen-bond acceptors (Lipinski definition) is 2. The van der Waals surface area contributed by atoms with Crippen LogP contribution in [0.5, 0.6) is 0 Å². The average Bonchev–Trinajstić information content (AvgIpc) is 2.42. The fraction of sp³-hybridized carbons (Fsp3) is 0.500. The van der Waals surface area contributed by atoms with Crippen LogP contribution in [0, 0.1) is 11.3 Å². The zero-order valence-electron chi connectivity index (χ0n) is 13.2. The van der Waals surface area contributed by atoms with E-state index < -0.39 is 16.9 Å². The lowest BCUT2D eigenvalue weighted by Gasteiger charge is -2.42. The first-order chi connectivity index (χ1) is 9.22. The van der Waals surface area contributed by atoms with E-state index in [1.807, 2.05) is 71.0 Å². The van der Waals surface area contributed by atoms with Gasteiger partial charge in [0, 0.05) is 12.3 Å². The van der Waals surface area contributed by atoms with E-state index >= 15 is 0 Å². The van der Waals surface area contributed by atoms with Crippen LogP contribution in [0.15, 0.2) is 36.4 Å². The highest BCUT2D eigenvalue weighted by Gasteiger charge is 2.44. The molecule has 0 saturated heterocycles. The largest absolute Gasteiger partial charge is 0.384 e. The summed E-state index contributed by atoms with van der Waals surface area (Å²) in [5.74, 6) is -0.340. The number of carbonyl (C=O) groups is 1. The summed E-state index contributed by atoms with van der Waals surface area (Å²) in [5, 5.41) is 11.1. The molecule has 0 aliphatic rings. The van der Waals surface area contributed by atoms with Crippen LogP contribution in [0.25, 0.3) is 6.08 Å². The SMILES string of the molecule is CCC(=O)C(C)C(O)(/C=C/c1ccccc1)C(C)(C)C. The second kappa shape index (κ2) is 6.36. The normalized spacial score (nSPS) is 16.9. The van der Waals surface area contributed by atoms with Crippen LogP contribution in [-0.4, -0.2) is 16.5 Å². The first-order valence-corrected chi connectivity index (χ1v) is 7.21. The van der Waals surface area contributed by atoms with Crippen molar-refractivity contribution >= 4 is 11.9 Å². The van der Waals surface area contributed by atoms with Crippen molar-refractivity contribution in [2.24, 2.45) is 11.3 Å². The van der Waals surface area contributed by atoms with Gasteiger partial charge in [-0.25, -0.2) is 0 Å². The van der Waals surface area contributed by atoms with Crippen molar-refractivity contribution in [3.8, 4) is 0 Å². The van der Waals surface area contributed by atoms with Gasteiger partial charge in [0.25, 0.3) is 0 Å². The first kappa shape index (κ1) is 16.6. The van der Waals surface area contributed by atoms with Crippen molar-refractivity contribution in [1.29, 1.82) is 0 Å². The van der Waals surface area contributed by atoms with Crippen molar-refractivity contribution in [2.45, 2.75) is 46.6 Å². The highest BCUT2D eigenvalue weighted by atomic mass is 16.3. The Morgan fingerprint density at radius 2 is 1.80 bits per heavy atom. The predicted octanol–water partition coefficient (Wildman–Crippen LogP) is 4.09. The number of hydrogen-bond donors (Lipinski definition) is 1. The van der Waals surface area contributed by atoms with E-state index in [0.717, 1.165) is 5.56 Å². The number of Topliss-reactive ketones (excluding diaryl/α,β-unsaturated/α-hetero) is 1. The van der Waals surface area contributed by atoms with E-state index in [-0.39, 0.29) is 5.78 Å². The number of ketones is 1. The van der Waals surface area contributed by atoms with E-state index in [1.165, 1.54) is 0 Å². The molecule has 1 aromatic rings. The van der Waals surface area contributed by atoms with Gasteiger partial charge in [-0.05, 0) is 11.0 Å². The summed E-state index contributed by atoms with van der Waals surface area (Å²) in [6, 6.07) is 9.82. The topological polar surface area (TPSA) is 37.3 Å². The quantitative estimate of drug-likeness (QED) is 0.878. The Kier molecular flexibility index (Phi) is 5.29. The number of rotatable bonds is 5. The van der Waals surface area contributed by atoms with Crippen LogP contribution < -0.4 is 0 Å². The second-order valence-electron chi connectivity index (χ2n) is 6.36. The van der Waals surface area contributed by atoms with Crippen LogP contribution in [0.4, 0.5) is 0 Å². The molecule has 0 fully saturated rings. The predicted molar refractivity (Wildman–Crippen MR) is 84.3 cm³/mol. The summed E-state index contributed by atoms with van der Waals surface area (Å²) in [5.41, 5.74) is -0.551. The van der Waals surface area contributed by atoms with E-state index in [1.54, 1.807) is 6.08 Å². The van der Waals surface area contributed by atoms with E-state index in [4.69, 9.17) is 0 Å². The maximum atomic E-state index is 12.0. The third-order valence-corrected chi connectivity index (χ3v) is 4.02. The van der Waals surface area contributed by atoms with Crippen molar-refractivity contribution in [2.75, 3.05) is 0 Å². The summed E-state index contributed by atoms with van der Waals surface area (Å²) in [4.78, 5) is 12.0. The molecule has 0 aliphatic carbocycles. The molecule has 2 unspecified atom stereocenters. The maximum absolute atomic E-state index is 12.0. The molecule has 0 heterocycles. The zero-order chi connectivity index (χ0) is 15.4. The number of carbonyl (C=O) groups excluding carboxylic acids is 1. The summed E-state index contributed by atoms with van der Waals surface area (Å²) in [6.45, 7) is 9.53. The lowest BCUT2D eigenvalue weighted by atomic mass is 9.67. The summed E-state index contributed by atoms with van der Waals surface area (Å²) in [7, 11) is 0. The molecule has 1 rings (SSSR count). The molecule has 20 heavy (non-hydrogen) atoms. The lowest BCUT2D eigenvalue weighted by molar-refractivity contribution is -0.135. The smallest absolute Gasteiger partial charge is 0.138 e. The molecule has 1 aromatic carbocycles. The van der Waals surface area contributed by atoms with Crippen molar-refractivity contribution in [3.05, 3.63) is 42.0 Å². The fourth-order valence-corrected chi connectivity index (χ4v) is 2.38. The van der Waals surface area contributed by atoms with E-state index in [0.29, 0.717) is 6.42 Å². The molecule has 2 nitrogen and oxygen atoms in total. The van der Waals surface area contributed by atoms with Gasteiger partial charge in [0.05, 0.1) is 5.60 Å². The minimum absolute atomic E-state index is 0.0835. The zero-order valence-corrected chi connectivity index (χ0v) is 13.2. The number of benzene rings is 1. The molecule has 0 radical (unpaired) electrons. The Hall–Kier alpha value is -1.41. The van der Waals surface area contributed by atoms with Crippen molar-refractivity contribution < 1.29 is 9.90 Å². The van der Waals surface area contributed by atoms with Gasteiger partial charge < -0.3 is 5.11 Å². The highest BCUT2D eigenvalue weighted by molar-refractivity contribution is 5.82. The van der Waals surface area contributed by atoms with Crippen LogP contribution in [0.2, 0.25) is 0 Å². The summed E-state index contributed by atoms with van der Waals surface area (Å²) >= 11 is 0. The molecule has 0 spiro atoms. The molecule has 2 heteroatoms. The molecule has 2 atom stereocenters. The van der Waals surface area contributed by atoms with Gasteiger partial charge in [-0.1, -0.05) is 77.1 Å². The van der Waals surface area contributed by atoms with Crippen molar-refractivity contribution in [3.63, 3.8) is 0 Å². The third kappa shape index (κ3) is 3.57. The Morgan fingerprint density at radius 3 is 2.25 bits per heavy atom.